The first-order valence-electron chi connectivity index (χ1n) is 19.0. The molecule has 3 aromatic heterocycles. The summed E-state index contributed by atoms with van der Waals surface area (Å²) >= 11 is 0. The zero-order valence-electron chi connectivity index (χ0n) is 30.1. The van der Waals surface area contributed by atoms with Crippen LogP contribution in [0, 0.1) is 0 Å². The molecule has 0 saturated carbocycles. The molecule has 3 heterocycles. The molecule has 9 aromatic carbocycles. The van der Waals surface area contributed by atoms with Crippen LogP contribution in [0.1, 0.15) is 0 Å². The number of furan rings is 1. The van der Waals surface area contributed by atoms with Crippen molar-refractivity contribution in [2.45, 2.75) is 0 Å². The Bertz CT molecular complexity index is 3540. The summed E-state index contributed by atoms with van der Waals surface area (Å²) in [6, 6.07) is 66.7. The van der Waals surface area contributed by atoms with Crippen molar-refractivity contribution in [3.8, 4) is 39.6 Å². The molecule has 0 fully saturated rings. The predicted octanol–water partition coefficient (Wildman–Crippen LogP) is 13.9. The van der Waals surface area contributed by atoms with Crippen LogP contribution in [-0.2, 0) is 0 Å². The standard InChI is InChI=1S/C52H31N3O/c1-2-14-34(15-3-1)46-31-47(36-23-22-32-12-4-5-16-35(32)28-36)54-52(53-46)45-30-44-40-19-9-11-21-49(40)56-51(44)42-27-25-37(29-43(42)45)55-48-20-10-8-18-39(48)41-26-24-33-13-6-7-17-38(33)50(41)55/h1-31H. The molecule has 12 aromatic rings. The van der Waals surface area contributed by atoms with E-state index in [1.807, 2.05) is 18.2 Å². The second kappa shape index (κ2) is 12.0. The molecular weight excluding hydrogens is 683 g/mol. The normalized spacial score (nSPS) is 11.9. The highest BCUT2D eigenvalue weighted by Gasteiger charge is 2.21. The Hall–Kier alpha value is -7.56. The number of rotatable bonds is 4. The third-order valence-corrected chi connectivity index (χ3v) is 11.4. The summed E-state index contributed by atoms with van der Waals surface area (Å²) in [5.74, 6) is 0.663. The average Bonchev–Trinajstić information content (AvgIpc) is 3.82. The zero-order valence-corrected chi connectivity index (χ0v) is 30.1. The molecule has 0 bridgehead atoms. The van der Waals surface area contributed by atoms with Gasteiger partial charge in [-0.05, 0) is 70.1 Å². The molecule has 0 spiro atoms. The topological polar surface area (TPSA) is 43.9 Å². The maximum atomic E-state index is 6.66. The van der Waals surface area contributed by atoms with Crippen molar-refractivity contribution in [2.75, 3.05) is 0 Å². The van der Waals surface area contributed by atoms with Gasteiger partial charge in [0.25, 0.3) is 0 Å². The van der Waals surface area contributed by atoms with Gasteiger partial charge in [0.05, 0.1) is 22.4 Å². The lowest BCUT2D eigenvalue weighted by molar-refractivity contribution is 0.672. The zero-order chi connectivity index (χ0) is 36.7. The van der Waals surface area contributed by atoms with Crippen LogP contribution in [0.3, 0.4) is 0 Å². The van der Waals surface area contributed by atoms with Gasteiger partial charge in [0.15, 0.2) is 5.82 Å². The van der Waals surface area contributed by atoms with E-state index in [0.717, 1.165) is 72.0 Å². The fraction of sp³-hybridized carbons (Fsp3) is 0. The Kier molecular flexibility index (Phi) is 6.60. The van der Waals surface area contributed by atoms with Gasteiger partial charge in [-0.2, -0.15) is 0 Å². The first-order valence-corrected chi connectivity index (χ1v) is 19.0. The summed E-state index contributed by atoms with van der Waals surface area (Å²) in [5, 5.41) is 11.4. The van der Waals surface area contributed by atoms with Crippen molar-refractivity contribution in [3.05, 3.63) is 188 Å². The second-order valence-corrected chi connectivity index (χ2v) is 14.6. The van der Waals surface area contributed by atoms with Crippen molar-refractivity contribution in [1.82, 2.24) is 14.5 Å². The lowest BCUT2D eigenvalue weighted by Gasteiger charge is -2.14. The number of hydrogen-bond donors (Lipinski definition) is 0. The number of para-hydroxylation sites is 2. The molecule has 4 nitrogen and oxygen atoms in total. The molecule has 0 aliphatic heterocycles. The molecule has 4 heteroatoms. The Morgan fingerprint density at radius 2 is 1.07 bits per heavy atom. The summed E-state index contributed by atoms with van der Waals surface area (Å²) in [4.78, 5) is 10.8. The van der Waals surface area contributed by atoms with E-state index in [1.165, 1.54) is 37.8 Å². The largest absolute Gasteiger partial charge is 0.455 e. The van der Waals surface area contributed by atoms with E-state index in [0.29, 0.717) is 5.82 Å². The lowest BCUT2D eigenvalue weighted by Crippen LogP contribution is -1.98. The van der Waals surface area contributed by atoms with Crippen LogP contribution in [0.25, 0.3) is 116 Å². The van der Waals surface area contributed by atoms with E-state index in [1.54, 1.807) is 0 Å². The number of benzene rings is 9. The monoisotopic (exact) mass is 713 g/mol. The van der Waals surface area contributed by atoms with Crippen LogP contribution in [0.4, 0.5) is 0 Å². The molecule has 260 valence electrons. The smallest absolute Gasteiger partial charge is 0.161 e. The van der Waals surface area contributed by atoms with Gasteiger partial charge in [0.2, 0.25) is 0 Å². The number of hydrogen-bond acceptors (Lipinski definition) is 3. The Balaban J connectivity index is 1.19. The van der Waals surface area contributed by atoms with Crippen LogP contribution in [0.15, 0.2) is 192 Å². The molecule has 12 rings (SSSR count). The van der Waals surface area contributed by atoms with E-state index < -0.39 is 0 Å². The number of aromatic nitrogens is 3. The van der Waals surface area contributed by atoms with Gasteiger partial charge < -0.3 is 8.98 Å². The SMILES string of the molecule is c1ccc(-c2cc(-c3ccc4ccccc4c3)nc(-c3cc4c5ccccc5oc4c4ccc(-n5c6ccccc6c6ccc7ccccc7c65)cc34)n2)cc1. The Labute approximate surface area is 321 Å². The Morgan fingerprint density at radius 1 is 0.393 bits per heavy atom. The van der Waals surface area contributed by atoms with Crippen LogP contribution in [0.2, 0.25) is 0 Å². The van der Waals surface area contributed by atoms with Gasteiger partial charge >= 0.3 is 0 Å². The maximum absolute atomic E-state index is 6.66. The molecule has 0 atom stereocenters. The van der Waals surface area contributed by atoms with Crippen LogP contribution in [0.5, 0.6) is 0 Å². The minimum atomic E-state index is 0.663. The first kappa shape index (κ1) is 30.9. The molecule has 0 saturated heterocycles. The summed E-state index contributed by atoms with van der Waals surface area (Å²) in [5.41, 5.74) is 9.90. The molecular formula is C52H31N3O. The van der Waals surface area contributed by atoms with E-state index in [-0.39, 0.29) is 0 Å². The van der Waals surface area contributed by atoms with E-state index in [9.17, 15) is 0 Å². The third-order valence-electron chi connectivity index (χ3n) is 11.4. The third kappa shape index (κ3) is 4.66. The van der Waals surface area contributed by atoms with Crippen molar-refractivity contribution >= 4 is 76.1 Å². The quantitative estimate of drug-likeness (QED) is 0.182. The first-order chi connectivity index (χ1) is 27.7. The molecule has 0 amide bonds. The van der Waals surface area contributed by atoms with Gasteiger partial charge in [0, 0.05) is 54.7 Å². The van der Waals surface area contributed by atoms with Crippen molar-refractivity contribution < 1.29 is 4.42 Å². The number of nitrogens with zero attached hydrogens (tertiary/aromatic N) is 3. The molecule has 0 N–H and O–H groups in total. The van der Waals surface area contributed by atoms with E-state index >= 15 is 0 Å². The van der Waals surface area contributed by atoms with E-state index in [4.69, 9.17) is 14.4 Å². The minimum absolute atomic E-state index is 0.663. The van der Waals surface area contributed by atoms with Crippen LogP contribution in [-0.4, -0.2) is 14.5 Å². The predicted molar refractivity (Wildman–Crippen MR) is 232 cm³/mol. The highest BCUT2D eigenvalue weighted by atomic mass is 16.3. The second-order valence-electron chi connectivity index (χ2n) is 14.6. The van der Waals surface area contributed by atoms with Crippen molar-refractivity contribution in [1.29, 1.82) is 0 Å². The molecule has 0 unspecified atom stereocenters. The molecule has 0 radical (unpaired) electrons. The Morgan fingerprint density at radius 3 is 1.95 bits per heavy atom. The van der Waals surface area contributed by atoms with Crippen molar-refractivity contribution in [3.63, 3.8) is 0 Å². The van der Waals surface area contributed by atoms with Gasteiger partial charge in [0.1, 0.15) is 11.2 Å². The molecule has 0 aliphatic rings. The highest BCUT2D eigenvalue weighted by Crippen LogP contribution is 2.43. The fourth-order valence-corrected chi connectivity index (χ4v) is 8.73. The van der Waals surface area contributed by atoms with E-state index in [2.05, 4.69) is 174 Å². The molecule has 56 heavy (non-hydrogen) atoms. The minimum Gasteiger partial charge on any atom is -0.455 e. The van der Waals surface area contributed by atoms with Gasteiger partial charge in [-0.15, -0.1) is 0 Å². The fourth-order valence-electron chi connectivity index (χ4n) is 8.73. The van der Waals surface area contributed by atoms with Gasteiger partial charge in [-0.25, -0.2) is 9.97 Å². The average molecular weight is 714 g/mol. The van der Waals surface area contributed by atoms with Crippen LogP contribution >= 0.6 is 0 Å². The summed E-state index contributed by atoms with van der Waals surface area (Å²) in [6.07, 6.45) is 0. The lowest BCUT2D eigenvalue weighted by atomic mass is 9.98. The van der Waals surface area contributed by atoms with Gasteiger partial charge in [-0.3, -0.25) is 0 Å². The highest BCUT2D eigenvalue weighted by molar-refractivity contribution is 6.21. The van der Waals surface area contributed by atoms with Crippen LogP contribution < -0.4 is 0 Å². The maximum Gasteiger partial charge on any atom is 0.161 e. The summed E-state index contributed by atoms with van der Waals surface area (Å²) in [7, 11) is 0. The van der Waals surface area contributed by atoms with Crippen molar-refractivity contribution in [2.24, 2.45) is 0 Å². The summed E-state index contributed by atoms with van der Waals surface area (Å²) in [6.45, 7) is 0. The number of fused-ring (bicyclic) bond motifs is 11. The van der Waals surface area contributed by atoms with Gasteiger partial charge in [-0.1, -0.05) is 140 Å². The summed E-state index contributed by atoms with van der Waals surface area (Å²) < 4.78 is 9.08. The molecule has 0 aliphatic carbocycles.